The van der Waals surface area contributed by atoms with Crippen LogP contribution in [-0.2, 0) is 6.42 Å². The van der Waals surface area contributed by atoms with E-state index in [2.05, 4.69) is 27.3 Å². The second-order valence-corrected chi connectivity index (χ2v) is 5.43. The van der Waals surface area contributed by atoms with Crippen molar-refractivity contribution in [3.05, 3.63) is 69.9 Å². The Balaban J connectivity index is 2.27. The molecule has 2 aromatic carbocycles. The standard InChI is InChI=1S/C16H17BrFN/c1-19-11-13(14-7-3-4-8-15(14)17)10-12-6-2-5-9-16(12)18/h2-9,13,19H,10-11H2,1H3. The van der Waals surface area contributed by atoms with Gasteiger partial charge in [-0.05, 0) is 36.7 Å². The molecule has 19 heavy (non-hydrogen) atoms. The predicted octanol–water partition coefficient (Wildman–Crippen LogP) is 4.13. The number of nitrogens with one attached hydrogen (secondary N) is 1. The number of benzene rings is 2. The molecule has 1 N–H and O–H groups in total. The first-order valence-electron chi connectivity index (χ1n) is 6.34. The molecule has 0 radical (unpaired) electrons. The lowest BCUT2D eigenvalue weighted by Crippen LogP contribution is -2.20. The van der Waals surface area contributed by atoms with Gasteiger partial charge in [-0.15, -0.1) is 0 Å². The van der Waals surface area contributed by atoms with E-state index in [0.717, 1.165) is 16.6 Å². The number of hydrogen-bond donors (Lipinski definition) is 1. The van der Waals surface area contributed by atoms with Crippen LogP contribution in [0.2, 0.25) is 0 Å². The first kappa shape index (κ1) is 14.2. The number of hydrogen-bond acceptors (Lipinski definition) is 1. The van der Waals surface area contributed by atoms with E-state index in [4.69, 9.17) is 0 Å². The summed E-state index contributed by atoms with van der Waals surface area (Å²) in [4.78, 5) is 0. The molecule has 0 aromatic heterocycles. The van der Waals surface area contributed by atoms with E-state index in [1.807, 2.05) is 37.4 Å². The highest BCUT2D eigenvalue weighted by Gasteiger charge is 2.16. The molecule has 0 aliphatic carbocycles. The summed E-state index contributed by atoms with van der Waals surface area (Å²) in [6.45, 7) is 0.816. The van der Waals surface area contributed by atoms with Crippen molar-refractivity contribution in [3.8, 4) is 0 Å². The molecule has 0 bridgehead atoms. The minimum absolute atomic E-state index is 0.129. The molecule has 0 aliphatic rings. The second kappa shape index (κ2) is 6.83. The molecule has 0 saturated heterocycles. The Morgan fingerprint density at radius 1 is 1.11 bits per heavy atom. The summed E-state index contributed by atoms with van der Waals surface area (Å²) >= 11 is 3.58. The van der Waals surface area contributed by atoms with Gasteiger partial charge in [0.2, 0.25) is 0 Å². The van der Waals surface area contributed by atoms with Gasteiger partial charge >= 0.3 is 0 Å². The molecule has 2 rings (SSSR count). The zero-order chi connectivity index (χ0) is 13.7. The highest BCUT2D eigenvalue weighted by molar-refractivity contribution is 9.10. The maximum Gasteiger partial charge on any atom is 0.126 e. The van der Waals surface area contributed by atoms with E-state index < -0.39 is 0 Å². The van der Waals surface area contributed by atoms with Crippen LogP contribution >= 0.6 is 15.9 Å². The summed E-state index contributed by atoms with van der Waals surface area (Å²) < 4.78 is 14.8. The third kappa shape index (κ3) is 3.64. The maximum atomic E-state index is 13.8. The molecule has 0 spiro atoms. The summed E-state index contributed by atoms with van der Waals surface area (Å²) in [6.07, 6.45) is 0.691. The van der Waals surface area contributed by atoms with Crippen LogP contribution in [0.4, 0.5) is 4.39 Å². The quantitative estimate of drug-likeness (QED) is 0.873. The summed E-state index contributed by atoms with van der Waals surface area (Å²) in [5.74, 6) is 0.119. The van der Waals surface area contributed by atoms with Crippen LogP contribution in [0.3, 0.4) is 0 Å². The third-order valence-electron chi connectivity index (χ3n) is 3.22. The van der Waals surface area contributed by atoms with Crippen LogP contribution in [0.5, 0.6) is 0 Å². The van der Waals surface area contributed by atoms with Gasteiger partial charge in [0, 0.05) is 16.9 Å². The predicted molar refractivity (Wildman–Crippen MR) is 80.9 cm³/mol. The Labute approximate surface area is 122 Å². The Morgan fingerprint density at radius 2 is 1.79 bits per heavy atom. The van der Waals surface area contributed by atoms with Crippen molar-refractivity contribution in [3.63, 3.8) is 0 Å². The third-order valence-corrected chi connectivity index (χ3v) is 3.94. The van der Waals surface area contributed by atoms with Gasteiger partial charge in [0.1, 0.15) is 5.82 Å². The largest absolute Gasteiger partial charge is 0.319 e. The van der Waals surface area contributed by atoms with Crippen molar-refractivity contribution < 1.29 is 4.39 Å². The average Bonchev–Trinajstić information content (AvgIpc) is 2.41. The van der Waals surface area contributed by atoms with Crippen LogP contribution in [0, 0.1) is 5.82 Å². The van der Waals surface area contributed by atoms with Gasteiger partial charge in [-0.2, -0.15) is 0 Å². The number of halogens is 2. The Kier molecular flexibility index (Phi) is 5.11. The van der Waals surface area contributed by atoms with Gasteiger partial charge < -0.3 is 5.32 Å². The van der Waals surface area contributed by atoms with Crippen molar-refractivity contribution in [1.82, 2.24) is 5.32 Å². The molecule has 0 fully saturated rings. The van der Waals surface area contributed by atoms with Gasteiger partial charge in [-0.25, -0.2) is 4.39 Å². The Morgan fingerprint density at radius 3 is 2.47 bits per heavy atom. The van der Waals surface area contributed by atoms with Crippen LogP contribution in [-0.4, -0.2) is 13.6 Å². The van der Waals surface area contributed by atoms with Crippen molar-refractivity contribution in [1.29, 1.82) is 0 Å². The molecule has 1 unspecified atom stereocenters. The van der Waals surface area contributed by atoms with Gasteiger partial charge in [-0.3, -0.25) is 0 Å². The molecule has 0 amide bonds. The van der Waals surface area contributed by atoms with Gasteiger partial charge in [-0.1, -0.05) is 52.3 Å². The highest BCUT2D eigenvalue weighted by atomic mass is 79.9. The van der Waals surface area contributed by atoms with E-state index in [0.29, 0.717) is 6.42 Å². The van der Waals surface area contributed by atoms with Gasteiger partial charge in [0.05, 0.1) is 0 Å². The Hall–Kier alpha value is -1.19. The minimum atomic E-state index is -0.129. The zero-order valence-electron chi connectivity index (χ0n) is 10.9. The maximum absolute atomic E-state index is 13.8. The fourth-order valence-corrected chi connectivity index (χ4v) is 2.88. The molecule has 2 aromatic rings. The fraction of sp³-hybridized carbons (Fsp3) is 0.250. The van der Waals surface area contributed by atoms with Crippen molar-refractivity contribution in [2.24, 2.45) is 0 Å². The molecule has 3 heteroatoms. The minimum Gasteiger partial charge on any atom is -0.319 e. The molecular weight excluding hydrogens is 305 g/mol. The zero-order valence-corrected chi connectivity index (χ0v) is 12.5. The molecule has 1 nitrogen and oxygen atoms in total. The first-order chi connectivity index (χ1) is 9.22. The molecule has 1 atom stereocenters. The van der Waals surface area contributed by atoms with Crippen LogP contribution in [0.25, 0.3) is 0 Å². The van der Waals surface area contributed by atoms with Gasteiger partial charge in [0.25, 0.3) is 0 Å². The topological polar surface area (TPSA) is 12.0 Å². The lowest BCUT2D eigenvalue weighted by molar-refractivity contribution is 0.573. The van der Waals surface area contributed by atoms with E-state index >= 15 is 0 Å². The molecule has 0 aliphatic heterocycles. The smallest absolute Gasteiger partial charge is 0.126 e. The second-order valence-electron chi connectivity index (χ2n) is 4.57. The molecular formula is C16H17BrFN. The summed E-state index contributed by atoms with van der Waals surface area (Å²) in [7, 11) is 1.92. The fourth-order valence-electron chi connectivity index (χ4n) is 2.27. The normalized spacial score (nSPS) is 12.4. The molecule has 100 valence electrons. The van der Waals surface area contributed by atoms with Gasteiger partial charge in [0.15, 0.2) is 0 Å². The van der Waals surface area contributed by atoms with Crippen molar-refractivity contribution in [2.75, 3.05) is 13.6 Å². The Bertz CT molecular complexity index is 542. The highest BCUT2D eigenvalue weighted by Crippen LogP contribution is 2.28. The first-order valence-corrected chi connectivity index (χ1v) is 7.14. The molecule has 0 heterocycles. The van der Waals surface area contributed by atoms with Crippen molar-refractivity contribution >= 4 is 15.9 Å². The average molecular weight is 322 g/mol. The van der Waals surface area contributed by atoms with Crippen LogP contribution < -0.4 is 5.32 Å². The summed E-state index contributed by atoms with van der Waals surface area (Å²) in [5, 5.41) is 3.19. The van der Waals surface area contributed by atoms with E-state index in [9.17, 15) is 4.39 Å². The van der Waals surface area contributed by atoms with Crippen molar-refractivity contribution in [2.45, 2.75) is 12.3 Å². The summed E-state index contributed by atoms with van der Waals surface area (Å²) in [5.41, 5.74) is 1.97. The summed E-state index contributed by atoms with van der Waals surface area (Å²) in [6, 6.07) is 15.1. The SMILES string of the molecule is CNCC(Cc1ccccc1F)c1ccccc1Br. The lowest BCUT2D eigenvalue weighted by Gasteiger charge is -2.19. The van der Waals surface area contributed by atoms with E-state index in [-0.39, 0.29) is 11.7 Å². The molecule has 0 saturated carbocycles. The number of rotatable bonds is 5. The van der Waals surface area contributed by atoms with E-state index in [1.54, 1.807) is 6.07 Å². The van der Waals surface area contributed by atoms with Crippen LogP contribution in [0.1, 0.15) is 17.0 Å². The lowest BCUT2D eigenvalue weighted by atomic mass is 9.91. The number of likely N-dealkylation sites (N-methyl/N-ethyl adjacent to an activating group) is 1. The monoisotopic (exact) mass is 321 g/mol. The van der Waals surface area contributed by atoms with E-state index in [1.165, 1.54) is 11.6 Å². The van der Waals surface area contributed by atoms with Crippen LogP contribution in [0.15, 0.2) is 53.0 Å².